The molecule has 4 aromatic carbocycles. The minimum absolute atomic E-state index is 0.0731. The van der Waals surface area contributed by atoms with E-state index < -0.39 is 10.1 Å². The van der Waals surface area contributed by atoms with Crippen molar-refractivity contribution in [1.29, 1.82) is 0 Å². The Bertz CT molecular complexity index is 1500. The maximum atomic E-state index is 12.3. The first-order chi connectivity index (χ1) is 17.7. The predicted octanol–water partition coefficient (Wildman–Crippen LogP) is 5.37. The smallest absolute Gasteiger partial charge is 0.306 e. The van der Waals surface area contributed by atoms with Gasteiger partial charge in [0.05, 0.1) is 26.0 Å². The normalized spacial score (nSPS) is 11.1. The van der Waals surface area contributed by atoms with Gasteiger partial charge in [-0.1, -0.05) is 48.5 Å². The van der Waals surface area contributed by atoms with E-state index in [4.69, 9.17) is 18.4 Å². The summed E-state index contributed by atoms with van der Waals surface area (Å²) in [5.74, 6) is 0.483. The van der Waals surface area contributed by atoms with E-state index in [1.54, 1.807) is 30.3 Å². The van der Waals surface area contributed by atoms with Crippen molar-refractivity contribution < 1.29 is 37.0 Å². The Kier molecular flexibility index (Phi) is 7.45. The molecule has 0 saturated heterocycles. The molecule has 0 spiro atoms. The second-order valence-electron chi connectivity index (χ2n) is 8.15. The summed E-state index contributed by atoms with van der Waals surface area (Å²) in [6.07, 6.45) is 0.925. The highest BCUT2D eigenvalue weighted by Crippen LogP contribution is 2.51. The molecule has 37 heavy (non-hydrogen) atoms. The molecule has 0 aliphatic heterocycles. The molecular formula is C28H26O8S. The zero-order chi connectivity index (χ0) is 26.6. The number of rotatable bonds is 9. The van der Waals surface area contributed by atoms with Crippen LogP contribution in [0.15, 0.2) is 78.9 Å². The van der Waals surface area contributed by atoms with Crippen LogP contribution in [0.3, 0.4) is 0 Å². The van der Waals surface area contributed by atoms with Gasteiger partial charge in [-0.3, -0.25) is 0 Å². The molecular weight excluding hydrogens is 496 g/mol. The van der Waals surface area contributed by atoms with Crippen LogP contribution in [0.5, 0.6) is 34.5 Å². The van der Waals surface area contributed by atoms with Gasteiger partial charge in [-0.05, 0) is 47.0 Å². The van der Waals surface area contributed by atoms with Gasteiger partial charge in [-0.25, -0.2) is 0 Å². The van der Waals surface area contributed by atoms with Crippen molar-refractivity contribution in [2.45, 2.75) is 6.61 Å². The zero-order valence-electron chi connectivity index (χ0n) is 20.5. The first kappa shape index (κ1) is 25.7. The topological polar surface area (TPSA) is 112 Å². The van der Waals surface area contributed by atoms with Crippen LogP contribution in [0.1, 0.15) is 5.56 Å². The van der Waals surface area contributed by atoms with Gasteiger partial charge in [0.25, 0.3) is 0 Å². The van der Waals surface area contributed by atoms with Crippen LogP contribution in [-0.4, -0.2) is 39.1 Å². The van der Waals surface area contributed by atoms with Gasteiger partial charge >= 0.3 is 10.1 Å². The largest absolute Gasteiger partial charge is 0.508 e. The van der Waals surface area contributed by atoms with Gasteiger partial charge in [-0.15, -0.1) is 0 Å². The molecule has 2 N–H and O–H groups in total. The average Bonchev–Trinajstić information content (AvgIpc) is 2.87. The second kappa shape index (κ2) is 10.7. The number of phenols is 2. The van der Waals surface area contributed by atoms with Crippen molar-refractivity contribution in [2.75, 3.05) is 20.5 Å². The Labute approximate surface area is 215 Å². The summed E-state index contributed by atoms with van der Waals surface area (Å²) in [5, 5.41) is 20.4. The summed E-state index contributed by atoms with van der Waals surface area (Å²) in [6.45, 7) is 0.259. The zero-order valence-corrected chi connectivity index (χ0v) is 21.3. The third-order valence-electron chi connectivity index (χ3n) is 5.52. The van der Waals surface area contributed by atoms with Crippen molar-refractivity contribution in [1.82, 2.24) is 0 Å². The van der Waals surface area contributed by atoms with Crippen LogP contribution in [0.25, 0.3) is 22.3 Å². The predicted molar refractivity (Wildman–Crippen MR) is 140 cm³/mol. The summed E-state index contributed by atoms with van der Waals surface area (Å²) in [5.41, 5.74) is 2.72. The fourth-order valence-electron chi connectivity index (χ4n) is 3.87. The first-order valence-corrected chi connectivity index (χ1v) is 13.0. The number of hydrogen-bond acceptors (Lipinski definition) is 8. The van der Waals surface area contributed by atoms with Gasteiger partial charge in [-0.2, -0.15) is 8.42 Å². The molecule has 0 unspecified atom stereocenters. The van der Waals surface area contributed by atoms with Crippen LogP contribution >= 0.6 is 0 Å². The Hall–Kier alpha value is -4.37. The van der Waals surface area contributed by atoms with E-state index in [9.17, 15) is 18.6 Å². The molecule has 0 bridgehead atoms. The molecule has 4 rings (SSSR count). The summed E-state index contributed by atoms with van der Waals surface area (Å²) in [7, 11) is -1.16. The average molecular weight is 523 g/mol. The van der Waals surface area contributed by atoms with Crippen molar-refractivity contribution in [3.63, 3.8) is 0 Å². The SMILES string of the molecule is COc1cc(-c2ccc(O)cc2)c(OC)c(OS(C)(=O)=O)c1-c1ccc(OCc2ccccc2)c(O)c1. The van der Waals surface area contributed by atoms with E-state index in [2.05, 4.69) is 0 Å². The number of benzene rings is 4. The lowest BCUT2D eigenvalue weighted by molar-refractivity contribution is 0.289. The van der Waals surface area contributed by atoms with Crippen LogP contribution < -0.4 is 18.4 Å². The lowest BCUT2D eigenvalue weighted by Gasteiger charge is -2.21. The molecule has 4 aromatic rings. The van der Waals surface area contributed by atoms with Crippen LogP contribution in [0, 0.1) is 0 Å². The van der Waals surface area contributed by atoms with Crippen molar-refractivity contribution in [3.05, 3.63) is 84.4 Å². The molecule has 0 fully saturated rings. The highest BCUT2D eigenvalue weighted by molar-refractivity contribution is 7.86. The van der Waals surface area contributed by atoms with E-state index in [-0.39, 0.29) is 46.7 Å². The third-order valence-corrected chi connectivity index (χ3v) is 5.99. The van der Waals surface area contributed by atoms with E-state index in [0.29, 0.717) is 16.7 Å². The van der Waals surface area contributed by atoms with E-state index in [0.717, 1.165) is 11.8 Å². The third kappa shape index (κ3) is 5.90. The molecule has 0 radical (unpaired) electrons. The Morgan fingerprint density at radius 3 is 2.03 bits per heavy atom. The fraction of sp³-hybridized carbons (Fsp3) is 0.143. The van der Waals surface area contributed by atoms with E-state index >= 15 is 0 Å². The van der Waals surface area contributed by atoms with Gasteiger partial charge < -0.3 is 28.6 Å². The molecule has 0 aromatic heterocycles. The Morgan fingerprint density at radius 2 is 1.43 bits per heavy atom. The Balaban J connectivity index is 1.84. The van der Waals surface area contributed by atoms with Gasteiger partial charge in [0, 0.05) is 5.56 Å². The molecule has 0 saturated carbocycles. The minimum Gasteiger partial charge on any atom is -0.508 e. The Morgan fingerprint density at radius 1 is 0.757 bits per heavy atom. The number of hydrogen-bond donors (Lipinski definition) is 2. The monoisotopic (exact) mass is 522 g/mol. The van der Waals surface area contributed by atoms with Gasteiger partial charge in [0.2, 0.25) is 0 Å². The number of phenolic OH excluding ortho intramolecular Hbond substituents is 2. The molecule has 0 heterocycles. The number of ether oxygens (including phenoxy) is 3. The summed E-state index contributed by atoms with van der Waals surface area (Å²) < 4.78 is 46.9. The van der Waals surface area contributed by atoms with Gasteiger partial charge in [0.1, 0.15) is 18.1 Å². The lowest BCUT2D eigenvalue weighted by atomic mass is 9.96. The highest BCUT2D eigenvalue weighted by Gasteiger charge is 2.26. The molecule has 8 nitrogen and oxygen atoms in total. The molecule has 0 amide bonds. The first-order valence-electron chi connectivity index (χ1n) is 11.2. The maximum Gasteiger partial charge on any atom is 0.306 e. The second-order valence-corrected chi connectivity index (χ2v) is 9.73. The molecule has 0 aliphatic carbocycles. The van der Waals surface area contributed by atoms with E-state index in [1.165, 1.54) is 32.4 Å². The fourth-order valence-corrected chi connectivity index (χ4v) is 4.33. The van der Waals surface area contributed by atoms with Crippen molar-refractivity contribution in [3.8, 4) is 56.8 Å². The van der Waals surface area contributed by atoms with E-state index in [1.807, 2.05) is 30.3 Å². The number of aromatic hydroxyl groups is 2. The van der Waals surface area contributed by atoms with Crippen LogP contribution in [-0.2, 0) is 16.7 Å². The quantitative estimate of drug-likeness (QED) is 0.282. The molecule has 192 valence electrons. The molecule has 0 atom stereocenters. The maximum absolute atomic E-state index is 12.3. The summed E-state index contributed by atoms with van der Waals surface area (Å²) in [4.78, 5) is 0. The van der Waals surface area contributed by atoms with Crippen LogP contribution in [0.4, 0.5) is 0 Å². The summed E-state index contributed by atoms with van der Waals surface area (Å²) >= 11 is 0. The summed E-state index contributed by atoms with van der Waals surface area (Å²) in [6, 6.07) is 22.2. The van der Waals surface area contributed by atoms with Gasteiger partial charge in [0.15, 0.2) is 23.0 Å². The van der Waals surface area contributed by atoms with Crippen molar-refractivity contribution >= 4 is 10.1 Å². The molecule has 0 aliphatic rings. The number of methoxy groups -OCH3 is 2. The lowest BCUT2D eigenvalue weighted by Crippen LogP contribution is -2.09. The standard InChI is InChI=1S/C28H26O8S/c1-33-25-16-22(19-9-12-21(29)13-10-19)27(34-2)28(36-37(3,31)32)26(25)20-11-14-24(23(30)15-20)35-17-18-7-5-4-6-8-18/h4-16,29-30H,17H2,1-3H3. The molecule has 9 heteroatoms. The highest BCUT2D eigenvalue weighted by atomic mass is 32.2. The van der Waals surface area contributed by atoms with Crippen LogP contribution in [0.2, 0.25) is 0 Å². The van der Waals surface area contributed by atoms with Crippen molar-refractivity contribution in [2.24, 2.45) is 0 Å². The minimum atomic E-state index is -3.99.